The minimum atomic E-state index is -0.674. The molecule has 2 heterocycles. The van der Waals surface area contributed by atoms with Crippen LogP contribution in [-0.2, 0) is 9.31 Å². The maximum Gasteiger partial charge on any atom is 0.498 e. The van der Waals surface area contributed by atoms with Crippen molar-refractivity contribution in [2.75, 3.05) is 19.6 Å². The van der Waals surface area contributed by atoms with Crippen LogP contribution < -0.4 is 10.8 Å². The van der Waals surface area contributed by atoms with Crippen molar-refractivity contribution in [1.29, 1.82) is 0 Å². The van der Waals surface area contributed by atoms with Crippen LogP contribution in [0.15, 0.2) is 12.1 Å². The first-order valence-corrected chi connectivity index (χ1v) is 9.96. The number of halogens is 1. The first-order valence-electron chi connectivity index (χ1n) is 9.96. The molecule has 0 bridgehead atoms. The molecule has 1 N–H and O–H groups in total. The molecule has 2 aliphatic rings. The maximum atomic E-state index is 15.2. The van der Waals surface area contributed by atoms with E-state index in [1.165, 1.54) is 0 Å². The number of nitrogens with zero attached hydrogens (tertiary/aromatic N) is 1. The average Bonchev–Trinajstić information content (AvgIpc) is 2.73. The van der Waals surface area contributed by atoms with Gasteiger partial charge in [-0.25, -0.2) is 4.39 Å². The van der Waals surface area contributed by atoms with Gasteiger partial charge in [0, 0.05) is 36.7 Å². The fourth-order valence-electron chi connectivity index (χ4n) is 4.04. The molecule has 150 valence electrons. The molecular weight excluding hydrogens is 342 g/mol. The van der Waals surface area contributed by atoms with Gasteiger partial charge in [-0.05, 0) is 72.6 Å². The van der Waals surface area contributed by atoms with E-state index in [4.69, 9.17) is 9.31 Å². The largest absolute Gasteiger partial charge is 0.498 e. The van der Waals surface area contributed by atoms with E-state index < -0.39 is 18.3 Å². The average molecular weight is 376 g/mol. The van der Waals surface area contributed by atoms with Crippen molar-refractivity contribution in [3.8, 4) is 0 Å². The van der Waals surface area contributed by atoms with Crippen LogP contribution in [0, 0.1) is 12.7 Å². The van der Waals surface area contributed by atoms with Gasteiger partial charge in [-0.1, -0.05) is 6.07 Å². The number of hydrogen-bond acceptors (Lipinski definition) is 4. The van der Waals surface area contributed by atoms with E-state index in [2.05, 4.69) is 37.1 Å². The Morgan fingerprint density at radius 1 is 1.15 bits per heavy atom. The summed E-state index contributed by atoms with van der Waals surface area (Å²) >= 11 is 0. The lowest BCUT2D eigenvalue weighted by atomic mass is 9.74. The second kappa shape index (κ2) is 6.84. The normalized spacial score (nSPS) is 25.8. The zero-order valence-corrected chi connectivity index (χ0v) is 18.1. The molecule has 0 saturated carbocycles. The lowest BCUT2D eigenvalue weighted by molar-refractivity contribution is 0.00578. The molecule has 0 aliphatic carbocycles. The number of benzene rings is 1. The number of piperazine rings is 1. The summed E-state index contributed by atoms with van der Waals surface area (Å²) in [4.78, 5) is 2.45. The second-order valence-corrected chi connectivity index (χ2v) is 9.91. The van der Waals surface area contributed by atoms with Crippen molar-refractivity contribution in [2.24, 2.45) is 0 Å². The quantitative estimate of drug-likeness (QED) is 0.804. The van der Waals surface area contributed by atoms with Gasteiger partial charge >= 0.3 is 7.12 Å². The van der Waals surface area contributed by atoms with Gasteiger partial charge < -0.3 is 14.6 Å². The number of hydrogen-bond donors (Lipinski definition) is 1. The summed E-state index contributed by atoms with van der Waals surface area (Å²) in [5, 5.41) is 3.45. The van der Waals surface area contributed by atoms with Crippen molar-refractivity contribution in [1.82, 2.24) is 10.2 Å². The molecule has 0 amide bonds. The summed E-state index contributed by atoms with van der Waals surface area (Å²) < 4.78 is 27.4. The fourth-order valence-corrected chi connectivity index (χ4v) is 4.04. The van der Waals surface area contributed by atoms with Gasteiger partial charge in [0.15, 0.2) is 0 Å². The van der Waals surface area contributed by atoms with Crippen molar-refractivity contribution < 1.29 is 13.7 Å². The first kappa shape index (κ1) is 20.8. The summed E-state index contributed by atoms with van der Waals surface area (Å²) in [5.41, 5.74) is 1.47. The van der Waals surface area contributed by atoms with E-state index in [1.54, 1.807) is 6.07 Å². The smallest absolute Gasteiger partial charge is 0.399 e. The molecule has 0 aromatic heterocycles. The van der Waals surface area contributed by atoms with Crippen molar-refractivity contribution >= 4 is 12.6 Å². The van der Waals surface area contributed by atoms with Crippen molar-refractivity contribution in [3.63, 3.8) is 0 Å². The lowest BCUT2D eigenvalue weighted by Gasteiger charge is -2.45. The van der Waals surface area contributed by atoms with Crippen LogP contribution in [0.25, 0.3) is 0 Å². The zero-order chi connectivity index (χ0) is 20.2. The second-order valence-electron chi connectivity index (χ2n) is 9.91. The van der Waals surface area contributed by atoms with Gasteiger partial charge in [0.05, 0.1) is 11.2 Å². The molecule has 1 unspecified atom stereocenters. The highest BCUT2D eigenvalue weighted by molar-refractivity contribution is 6.62. The predicted octanol–water partition coefficient (Wildman–Crippen LogP) is 3.18. The Bertz CT molecular complexity index is 676. The van der Waals surface area contributed by atoms with Crippen LogP contribution in [0.5, 0.6) is 0 Å². The highest BCUT2D eigenvalue weighted by atomic mass is 19.1. The zero-order valence-electron chi connectivity index (χ0n) is 18.1. The third-order valence-corrected chi connectivity index (χ3v) is 6.34. The number of rotatable bonds is 2. The molecule has 3 rings (SSSR count). The Labute approximate surface area is 163 Å². The Hall–Kier alpha value is -0.945. The van der Waals surface area contributed by atoms with Crippen LogP contribution in [0.3, 0.4) is 0 Å². The Kier molecular flexibility index (Phi) is 5.26. The molecule has 0 radical (unpaired) electrons. The van der Waals surface area contributed by atoms with Crippen LogP contribution in [0.2, 0.25) is 0 Å². The van der Waals surface area contributed by atoms with Gasteiger partial charge in [0.2, 0.25) is 0 Å². The minimum Gasteiger partial charge on any atom is -0.399 e. The highest BCUT2D eigenvalue weighted by Gasteiger charge is 2.53. The summed E-state index contributed by atoms with van der Waals surface area (Å²) in [6, 6.07) is 3.92. The van der Waals surface area contributed by atoms with E-state index in [9.17, 15) is 0 Å². The molecule has 2 fully saturated rings. The highest BCUT2D eigenvalue weighted by Crippen LogP contribution is 2.37. The van der Waals surface area contributed by atoms with Crippen molar-refractivity contribution in [3.05, 3.63) is 29.1 Å². The van der Waals surface area contributed by atoms with Gasteiger partial charge in [0.25, 0.3) is 0 Å². The van der Waals surface area contributed by atoms with E-state index in [0.717, 1.165) is 30.8 Å². The molecule has 27 heavy (non-hydrogen) atoms. The third-order valence-electron chi connectivity index (χ3n) is 6.34. The summed E-state index contributed by atoms with van der Waals surface area (Å²) in [7, 11) is -0.674. The molecule has 1 atom stereocenters. The molecule has 1 aromatic carbocycles. The summed E-state index contributed by atoms with van der Waals surface area (Å²) in [5.74, 6) is -0.247. The SMILES string of the molecule is Cc1cc(C2CNCCN2C(C)(C)C)cc(F)c1B1OC(C)(C)C(C)(C)O1. The van der Waals surface area contributed by atoms with Gasteiger partial charge in [-0.15, -0.1) is 0 Å². The topological polar surface area (TPSA) is 33.7 Å². The third kappa shape index (κ3) is 3.82. The molecule has 2 aliphatic heterocycles. The van der Waals surface area contributed by atoms with Crippen LogP contribution >= 0.6 is 0 Å². The predicted molar refractivity (Wildman–Crippen MR) is 109 cm³/mol. The van der Waals surface area contributed by atoms with Crippen LogP contribution in [-0.4, -0.2) is 48.4 Å². The Balaban J connectivity index is 1.94. The van der Waals surface area contributed by atoms with Crippen LogP contribution in [0.1, 0.15) is 65.6 Å². The first-order chi connectivity index (χ1) is 12.3. The maximum absolute atomic E-state index is 15.2. The standard InChI is InChI=1S/C21H34BFN2O2/c1-14-11-15(17-13-24-9-10-25(17)19(2,3)4)12-16(23)18(14)22-26-20(5,6)21(7,8)27-22/h11-12,17,24H,9-10,13H2,1-8H3. The van der Waals surface area contributed by atoms with Gasteiger partial charge in [-0.3, -0.25) is 4.90 Å². The van der Waals surface area contributed by atoms with Crippen molar-refractivity contribution in [2.45, 2.75) is 78.2 Å². The molecule has 2 saturated heterocycles. The monoisotopic (exact) mass is 376 g/mol. The van der Waals surface area contributed by atoms with E-state index in [-0.39, 0.29) is 17.4 Å². The lowest BCUT2D eigenvalue weighted by Crippen LogP contribution is -2.53. The molecule has 1 aromatic rings. The van der Waals surface area contributed by atoms with Crippen LogP contribution in [0.4, 0.5) is 4.39 Å². The van der Waals surface area contributed by atoms with E-state index in [1.807, 2.05) is 34.6 Å². The number of nitrogens with one attached hydrogen (secondary N) is 1. The summed E-state index contributed by atoms with van der Waals surface area (Å²) in [6.07, 6.45) is 0. The van der Waals surface area contributed by atoms with E-state index in [0.29, 0.717) is 5.46 Å². The molecule has 6 heteroatoms. The Morgan fingerprint density at radius 2 is 1.74 bits per heavy atom. The minimum absolute atomic E-state index is 0.0293. The fraction of sp³-hybridized carbons (Fsp3) is 0.714. The Morgan fingerprint density at radius 3 is 2.26 bits per heavy atom. The van der Waals surface area contributed by atoms with E-state index >= 15 is 4.39 Å². The molecular formula is C21H34BFN2O2. The van der Waals surface area contributed by atoms with Gasteiger partial charge in [0.1, 0.15) is 5.82 Å². The molecule has 4 nitrogen and oxygen atoms in total. The van der Waals surface area contributed by atoms with Gasteiger partial charge in [-0.2, -0.15) is 0 Å². The molecule has 0 spiro atoms. The summed E-state index contributed by atoms with van der Waals surface area (Å²) in [6.45, 7) is 19.3. The number of aryl methyl sites for hydroxylation is 1.